The van der Waals surface area contributed by atoms with Gasteiger partial charge in [0.25, 0.3) is 5.91 Å². The molecule has 1 aromatic carbocycles. The van der Waals surface area contributed by atoms with Crippen LogP contribution >= 0.6 is 0 Å². The van der Waals surface area contributed by atoms with Crippen LogP contribution in [0.25, 0.3) is 0 Å². The van der Waals surface area contributed by atoms with Gasteiger partial charge in [-0.2, -0.15) is 0 Å². The van der Waals surface area contributed by atoms with Crippen molar-refractivity contribution in [1.29, 1.82) is 0 Å². The number of aliphatic hydroxyl groups excluding tert-OH is 1. The van der Waals surface area contributed by atoms with Crippen molar-refractivity contribution in [3.05, 3.63) is 29.8 Å². The first kappa shape index (κ1) is 14.2. The summed E-state index contributed by atoms with van der Waals surface area (Å²) in [6, 6.07) is 6.72. The van der Waals surface area contributed by atoms with Gasteiger partial charge < -0.3 is 15.3 Å². The first-order chi connectivity index (χ1) is 8.54. The Labute approximate surface area is 106 Å². The number of nitrogens with one attached hydrogen (secondary N) is 1. The Kier molecular flexibility index (Phi) is 5.32. The van der Waals surface area contributed by atoms with Crippen molar-refractivity contribution in [3.63, 3.8) is 0 Å². The molecule has 0 aliphatic carbocycles. The lowest BCUT2D eigenvalue weighted by Crippen LogP contribution is -2.28. The fourth-order valence-electron chi connectivity index (χ4n) is 1.53. The Morgan fingerprint density at radius 3 is 2.39 bits per heavy atom. The van der Waals surface area contributed by atoms with Crippen LogP contribution in [0, 0.1) is 0 Å². The number of hydrogen-bond donors (Lipinski definition) is 2. The predicted molar refractivity (Wildman–Crippen MR) is 69.4 cm³/mol. The van der Waals surface area contributed by atoms with Gasteiger partial charge in [0.1, 0.15) is 0 Å². The summed E-state index contributed by atoms with van der Waals surface area (Å²) in [6.07, 6.45) is 0.562. The summed E-state index contributed by atoms with van der Waals surface area (Å²) in [7, 11) is 1.69. The maximum atomic E-state index is 11.9. The summed E-state index contributed by atoms with van der Waals surface area (Å²) in [4.78, 5) is 24.3. The van der Waals surface area contributed by atoms with Gasteiger partial charge in [0.15, 0.2) is 0 Å². The van der Waals surface area contributed by atoms with Crippen LogP contribution in [-0.2, 0) is 4.79 Å². The topological polar surface area (TPSA) is 69.6 Å². The highest BCUT2D eigenvalue weighted by Gasteiger charge is 2.10. The lowest BCUT2D eigenvalue weighted by molar-refractivity contribution is -0.114. The standard InChI is InChI=1S/C13H18N2O3/c1-10(17)14-12-6-4-11(5-7-12)13(18)15(2)8-3-9-16/h4-7,16H,3,8-9H2,1-2H3,(H,14,17). The molecule has 0 saturated carbocycles. The lowest BCUT2D eigenvalue weighted by Gasteiger charge is -2.16. The van der Waals surface area contributed by atoms with Gasteiger partial charge in [-0.1, -0.05) is 0 Å². The zero-order valence-corrected chi connectivity index (χ0v) is 10.6. The highest BCUT2D eigenvalue weighted by molar-refractivity contribution is 5.95. The Bertz CT molecular complexity index is 415. The van der Waals surface area contributed by atoms with Gasteiger partial charge in [0.2, 0.25) is 5.91 Å². The van der Waals surface area contributed by atoms with E-state index in [4.69, 9.17) is 5.11 Å². The normalized spacial score (nSPS) is 9.94. The van der Waals surface area contributed by atoms with Crippen molar-refractivity contribution in [2.24, 2.45) is 0 Å². The van der Waals surface area contributed by atoms with E-state index in [-0.39, 0.29) is 18.4 Å². The fourth-order valence-corrected chi connectivity index (χ4v) is 1.53. The zero-order valence-electron chi connectivity index (χ0n) is 10.6. The van der Waals surface area contributed by atoms with Crippen LogP contribution in [0.3, 0.4) is 0 Å². The molecule has 0 spiro atoms. The molecule has 2 amide bonds. The molecule has 18 heavy (non-hydrogen) atoms. The molecular formula is C13H18N2O3. The van der Waals surface area contributed by atoms with E-state index < -0.39 is 0 Å². The molecule has 1 rings (SSSR count). The number of benzene rings is 1. The van der Waals surface area contributed by atoms with Gasteiger partial charge in [-0.05, 0) is 30.7 Å². The van der Waals surface area contributed by atoms with Crippen LogP contribution in [0.15, 0.2) is 24.3 Å². The molecule has 0 radical (unpaired) electrons. The van der Waals surface area contributed by atoms with Crippen molar-refractivity contribution < 1.29 is 14.7 Å². The molecule has 0 bridgehead atoms. The second kappa shape index (κ2) is 6.76. The van der Waals surface area contributed by atoms with E-state index in [1.54, 1.807) is 36.2 Å². The Morgan fingerprint density at radius 2 is 1.89 bits per heavy atom. The van der Waals surface area contributed by atoms with Crippen LogP contribution in [0.5, 0.6) is 0 Å². The van der Waals surface area contributed by atoms with E-state index in [0.29, 0.717) is 24.2 Å². The summed E-state index contributed by atoms with van der Waals surface area (Å²) in [5, 5.41) is 11.3. The van der Waals surface area contributed by atoms with E-state index in [1.807, 2.05) is 0 Å². The zero-order chi connectivity index (χ0) is 13.5. The van der Waals surface area contributed by atoms with E-state index in [0.717, 1.165) is 0 Å². The maximum absolute atomic E-state index is 11.9. The van der Waals surface area contributed by atoms with Crippen molar-refractivity contribution >= 4 is 17.5 Å². The highest BCUT2D eigenvalue weighted by Crippen LogP contribution is 2.11. The average molecular weight is 250 g/mol. The summed E-state index contributed by atoms with van der Waals surface area (Å²) < 4.78 is 0. The van der Waals surface area contributed by atoms with Crippen LogP contribution in [-0.4, -0.2) is 42.0 Å². The third kappa shape index (κ3) is 4.18. The summed E-state index contributed by atoms with van der Waals surface area (Å²) >= 11 is 0. The maximum Gasteiger partial charge on any atom is 0.253 e. The van der Waals surface area contributed by atoms with Crippen LogP contribution in [0.1, 0.15) is 23.7 Å². The molecule has 2 N–H and O–H groups in total. The van der Waals surface area contributed by atoms with Crippen LogP contribution in [0.2, 0.25) is 0 Å². The molecule has 1 aromatic rings. The number of nitrogens with zero attached hydrogens (tertiary/aromatic N) is 1. The molecule has 98 valence electrons. The number of carbonyl (C=O) groups excluding carboxylic acids is 2. The van der Waals surface area contributed by atoms with Gasteiger partial charge in [-0.25, -0.2) is 0 Å². The summed E-state index contributed by atoms with van der Waals surface area (Å²) in [5.41, 5.74) is 1.22. The number of carbonyl (C=O) groups is 2. The molecule has 0 atom stereocenters. The third-order valence-electron chi connectivity index (χ3n) is 2.45. The molecule has 5 heteroatoms. The van der Waals surface area contributed by atoms with E-state index >= 15 is 0 Å². The Morgan fingerprint density at radius 1 is 1.28 bits per heavy atom. The monoisotopic (exact) mass is 250 g/mol. The minimum Gasteiger partial charge on any atom is -0.396 e. The molecule has 0 saturated heterocycles. The highest BCUT2D eigenvalue weighted by atomic mass is 16.3. The molecule has 5 nitrogen and oxygen atoms in total. The van der Waals surface area contributed by atoms with Crippen molar-refractivity contribution in [3.8, 4) is 0 Å². The SMILES string of the molecule is CC(=O)Nc1ccc(C(=O)N(C)CCCO)cc1. The van der Waals surface area contributed by atoms with Crippen molar-refractivity contribution in [2.75, 3.05) is 25.5 Å². The van der Waals surface area contributed by atoms with E-state index in [1.165, 1.54) is 6.92 Å². The van der Waals surface area contributed by atoms with Gasteiger partial charge in [0.05, 0.1) is 0 Å². The van der Waals surface area contributed by atoms with Gasteiger partial charge in [0, 0.05) is 38.4 Å². The first-order valence-corrected chi connectivity index (χ1v) is 5.78. The van der Waals surface area contributed by atoms with Crippen molar-refractivity contribution in [2.45, 2.75) is 13.3 Å². The Balaban J connectivity index is 2.66. The Hall–Kier alpha value is -1.88. The number of hydrogen-bond acceptors (Lipinski definition) is 3. The summed E-state index contributed by atoms with van der Waals surface area (Å²) in [5.74, 6) is -0.244. The smallest absolute Gasteiger partial charge is 0.253 e. The number of anilines is 1. The van der Waals surface area contributed by atoms with Crippen molar-refractivity contribution in [1.82, 2.24) is 4.90 Å². The predicted octanol–water partition coefficient (Wildman–Crippen LogP) is 1.10. The minimum absolute atomic E-state index is 0.0685. The van der Waals surface area contributed by atoms with E-state index in [9.17, 15) is 9.59 Å². The molecule has 0 heterocycles. The number of rotatable bonds is 5. The molecular weight excluding hydrogens is 232 g/mol. The third-order valence-corrected chi connectivity index (χ3v) is 2.45. The minimum atomic E-state index is -0.144. The number of aliphatic hydroxyl groups is 1. The van der Waals surface area contributed by atoms with Crippen LogP contribution < -0.4 is 5.32 Å². The van der Waals surface area contributed by atoms with Gasteiger partial charge in [-0.3, -0.25) is 9.59 Å². The second-order valence-electron chi connectivity index (χ2n) is 4.06. The number of amides is 2. The molecule has 0 aliphatic rings. The molecule has 0 aromatic heterocycles. The molecule has 0 unspecified atom stereocenters. The second-order valence-corrected chi connectivity index (χ2v) is 4.06. The van der Waals surface area contributed by atoms with Crippen LogP contribution in [0.4, 0.5) is 5.69 Å². The van der Waals surface area contributed by atoms with E-state index in [2.05, 4.69) is 5.32 Å². The lowest BCUT2D eigenvalue weighted by atomic mass is 10.2. The first-order valence-electron chi connectivity index (χ1n) is 5.78. The average Bonchev–Trinajstić information content (AvgIpc) is 2.35. The molecule has 0 aliphatic heterocycles. The quantitative estimate of drug-likeness (QED) is 0.822. The van der Waals surface area contributed by atoms with Gasteiger partial charge in [-0.15, -0.1) is 0 Å². The fraction of sp³-hybridized carbons (Fsp3) is 0.385. The largest absolute Gasteiger partial charge is 0.396 e. The molecule has 0 fully saturated rings. The summed E-state index contributed by atoms with van der Waals surface area (Å²) in [6.45, 7) is 2.02. The van der Waals surface area contributed by atoms with Gasteiger partial charge >= 0.3 is 0 Å².